The molecule has 0 atom stereocenters. The number of hydrogen-bond donors (Lipinski definition) is 3. The Morgan fingerprint density at radius 1 is 1.02 bits per heavy atom. The van der Waals surface area contributed by atoms with Crippen LogP contribution in [0.4, 0.5) is 17.3 Å². The summed E-state index contributed by atoms with van der Waals surface area (Å²) in [5, 5.41) is 19.3. The van der Waals surface area contributed by atoms with Crippen molar-refractivity contribution in [3.8, 4) is 28.5 Å². The average Bonchev–Trinajstić information content (AvgIpc) is 3.34. The monoisotopic (exact) mass is 565 g/mol. The quantitative estimate of drug-likeness (QED) is 0.222. The molecule has 0 bridgehead atoms. The van der Waals surface area contributed by atoms with Gasteiger partial charge in [-0.2, -0.15) is 10.2 Å². The van der Waals surface area contributed by atoms with E-state index in [4.69, 9.17) is 18.7 Å². The zero-order chi connectivity index (χ0) is 28.0. The summed E-state index contributed by atoms with van der Waals surface area (Å²) in [5.74, 6) is 1.74. The summed E-state index contributed by atoms with van der Waals surface area (Å²) in [6.07, 6.45) is 4.09. The van der Waals surface area contributed by atoms with Crippen molar-refractivity contribution in [2.75, 3.05) is 31.4 Å². The first-order valence-corrected chi connectivity index (χ1v) is 13.9. The van der Waals surface area contributed by atoms with E-state index in [0.717, 1.165) is 18.5 Å². The minimum atomic E-state index is -4.25. The van der Waals surface area contributed by atoms with Crippen molar-refractivity contribution in [2.45, 2.75) is 23.7 Å². The zero-order valence-electron chi connectivity index (χ0n) is 22.2. The molecule has 0 spiro atoms. The Morgan fingerprint density at radius 3 is 2.38 bits per heavy atom. The SMILES string of the molecule is COc1cc2c(NS(=O)(=O)c3c(OC)cc(-c4ccn(C)n4)cc3OC)noc2cc1Nc1cc(C2CC2)[nH]n1. The molecule has 0 aliphatic heterocycles. The van der Waals surface area contributed by atoms with Crippen molar-refractivity contribution < 1.29 is 27.2 Å². The lowest BCUT2D eigenvalue weighted by atomic mass is 10.1. The molecule has 2 aromatic carbocycles. The molecule has 3 N–H and O–H groups in total. The molecule has 5 aromatic rings. The molecule has 13 nitrogen and oxygen atoms in total. The van der Waals surface area contributed by atoms with Gasteiger partial charge in [-0.1, -0.05) is 5.16 Å². The van der Waals surface area contributed by atoms with Gasteiger partial charge in [0.05, 0.1) is 38.1 Å². The van der Waals surface area contributed by atoms with Crippen LogP contribution in [0.5, 0.6) is 17.2 Å². The van der Waals surface area contributed by atoms with Gasteiger partial charge in [-0.3, -0.25) is 14.5 Å². The van der Waals surface area contributed by atoms with E-state index in [2.05, 4.69) is 30.5 Å². The zero-order valence-corrected chi connectivity index (χ0v) is 23.0. The van der Waals surface area contributed by atoms with Crippen molar-refractivity contribution in [3.05, 3.63) is 48.3 Å². The third-order valence-electron chi connectivity index (χ3n) is 6.64. The van der Waals surface area contributed by atoms with E-state index in [0.29, 0.717) is 45.4 Å². The van der Waals surface area contributed by atoms with Crippen molar-refractivity contribution in [1.82, 2.24) is 25.1 Å². The molecule has 6 rings (SSSR count). The Hall–Kier alpha value is -4.72. The van der Waals surface area contributed by atoms with E-state index in [-0.39, 0.29) is 22.2 Å². The predicted molar refractivity (Wildman–Crippen MR) is 147 cm³/mol. The Labute approximate surface area is 229 Å². The fraction of sp³-hybridized carbons (Fsp3) is 0.269. The van der Waals surface area contributed by atoms with Crippen molar-refractivity contribution in [2.24, 2.45) is 7.05 Å². The van der Waals surface area contributed by atoms with Crippen LogP contribution in [-0.4, -0.2) is 54.9 Å². The van der Waals surface area contributed by atoms with Gasteiger partial charge in [-0.25, -0.2) is 8.42 Å². The predicted octanol–water partition coefficient (Wildman–Crippen LogP) is 4.40. The van der Waals surface area contributed by atoms with Gasteiger partial charge in [0.1, 0.15) is 17.2 Å². The number of aromatic amines is 1. The number of nitrogens with one attached hydrogen (secondary N) is 3. The summed E-state index contributed by atoms with van der Waals surface area (Å²) in [7, 11) is 1.82. The number of nitrogens with zero attached hydrogens (tertiary/aromatic N) is 4. The second kappa shape index (κ2) is 9.79. The second-order valence-electron chi connectivity index (χ2n) is 9.38. The van der Waals surface area contributed by atoms with Crippen LogP contribution in [0.25, 0.3) is 22.2 Å². The molecule has 3 heterocycles. The van der Waals surface area contributed by atoms with E-state index in [1.54, 1.807) is 48.3 Å². The van der Waals surface area contributed by atoms with Crippen LogP contribution in [0.1, 0.15) is 24.5 Å². The van der Waals surface area contributed by atoms with Gasteiger partial charge < -0.3 is 24.1 Å². The van der Waals surface area contributed by atoms with E-state index in [1.165, 1.54) is 21.3 Å². The third kappa shape index (κ3) is 4.66. The normalized spacial score (nSPS) is 13.4. The van der Waals surface area contributed by atoms with E-state index in [9.17, 15) is 8.42 Å². The summed E-state index contributed by atoms with van der Waals surface area (Å²) in [6.45, 7) is 0. The number of ether oxygens (including phenoxy) is 3. The molecule has 1 fully saturated rings. The smallest absolute Gasteiger partial charge is 0.270 e. The molecule has 40 heavy (non-hydrogen) atoms. The molecule has 0 saturated heterocycles. The number of fused-ring (bicyclic) bond motifs is 1. The standard InChI is InChI=1S/C26H27N7O6S/c1-33-8-7-17(30-33)15-9-22(37-3)25(23(10-15)38-4)40(34,35)32-26-16-11-21(36-2)19(12-20(16)39-31-26)27-24-13-18(28-29-24)14-5-6-14/h7-14H,5-6H2,1-4H3,(H,31,32)(H2,27,28,29). The summed E-state index contributed by atoms with van der Waals surface area (Å²) in [6, 6.07) is 10.3. The minimum absolute atomic E-state index is 0.0199. The Bertz CT molecular complexity index is 1800. The van der Waals surface area contributed by atoms with E-state index in [1.807, 2.05) is 6.07 Å². The van der Waals surface area contributed by atoms with Crippen molar-refractivity contribution >= 4 is 38.3 Å². The van der Waals surface area contributed by atoms with E-state index >= 15 is 0 Å². The topological polar surface area (TPSA) is 158 Å². The molecule has 1 aliphatic carbocycles. The highest BCUT2D eigenvalue weighted by molar-refractivity contribution is 7.93. The van der Waals surface area contributed by atoms with Crippen LogP contribution < -0.4 is 24.2 Å². The largest absolute Gasteiger partial charge is 0.495 e. The Balaban J connectivity index is 1.33. The number of rotatable bonds is 10. The molecule has 3 aromatic heterocycles. The molecule has 208 valence electrons. The maximum absolute atomic E-state index is 13.7. The van der Waals surface area contributed by atoms with Crippen molar-refractivity contribution in [3.63, 3.8) is 0 Å². The van der Waals surface area contributed by atoms with Crippen LogP contribution in [0.3, 0.4) is 0 Å². The average molecular weight is 566 g/mol. The highest BCUT2D eigenvalue weighted by atomic mass is 32.2. The second-order valence-corrected chi connectivity index (χ2v) is 11.0. The first kappa shape index (κ1) is 25.6. The van der Waals surface area contributed by atoms with Crippen LogP contribution in [-0.2, 0) is 17.1 Å². The first-order valence-electron chi connectivity index (χ1n) is 12.4. The van der Waals surface area contributed by atoms with Gasteiger partial charge in [-0.15, -0.1) is 0 Å². The number of H-pyrrole nitrogens is 1. The summed E-state index contributed by atoms with van der Waals surface area (Å²) >= 11 is 0. The van der Waals surface area contributed by atoms with Gasteiger partial charge in [0.2, 0.25) is 0 Å². The fourth-order valence-electron chi connectivity index (χ4n) is 4.49. The fourth-order valence-corrected chi connectivity index (χ4v) is 5.80. The lowest BCUT2D eigenvalue weighted by Crippen LogP contribution is -2.16. The van der Waals surface area contributed by atoms with Gasteiger partial charge in [0.15, 0.2) is 22.1 Å². The van der Waals surface area contributed by atoms with E-state index < -0.39 is 10.0 Å². The Morgan fingerprint density at radius 2 is 1.75 bits per heavy atom. The third-order valence-corrected chi connectivity index (χ3v) is 8.04. The highest BCUT2D eigenvalue weighted by Gasteiger charge is 2.29. The van der Waals surface area contributed by atoms with Gasteiger partial charge in [0.25, 0.3) is 10.0 Å². The Kier molecular flexibility index (Phi) is 6.25. The van der Waals surface area contributed by atoms with Crippen molar-refractivity contribution in [1.29, 1.82) is 0 Å². The number of aromatic nitrogens is 5. The maximum atomic E-state index is 13.7. The molecule has 0 radical (unpaired) electrons. The van der Waals surface area contributed by atoms with Crippen LogP contribution in [0.2, 0.25) is 0 Å². The lowest BCUT2D eigenvalue weighted by molar-refractivity contribution is 0.374. The number of sulfonamides is 1. The summed E-state index contributed by atoms with van der Waals surface area (Å²) in [4.78, 5) is -0.191. The molecule has 14 heteroatoms. The van der Waals surface area contributed by atoms with Crippen LogP contribution in [0, 0.1) is 0 Å². The number of aryl methyl sites for hydroxylation is 1. The molecule has 1 aliphatic rings. The number of anilines is 3. The number of hydrogen-bond acceptors (Lipinski definition) is 10. The number of methoxy groups -OCH3 is 3. The lowest BCUT2D eigenvalue weighted by Gasteiger charge is -2.15. The highest BCUT2D eigenvalue weighted by Crippen LogP contribution is 2.42. The first-order chi connectivity index (χ1) is 19.3. The minimum Gasteiger partial charge on any atom is -0.495 e. The van der Waals surface area contributed by atoms with Gasteiger partial charge >= 0.3 is 0 Å². The summed E-state index contributed by atoms with van der Waals surface area (Å²) < 4.78 is 53.4. The summed E-state index contributed by atoms with van der Waals surface area (Å²) in [5.41, 5.74) is 3.27. The van der Waals surface area contributed by atoms with Gasteiger partial charge in [0, 0.05) is 42.6 Å². The molecular formula is C26H27N7O6S. The molecule has 0 unspecified atom stereocenters. The van der Waals surface area contributed by atoms with Crippen LogP contribution in [0.15, 0.2) is 52.0 Å². The molecular weight excluding hydrogens is 538 g/mol. The molecule has 1 saturated carbocycles. The van der Waals surface area contributed by atoms with Crippen LogP contribution >= 0.6 is 0 Å². The molecule has 0 amide bonds. The van der Waals surface area contributed by atoms with Gasteiger partial charge in [-0.05, 0) is 37.1 Å². The maximum Gasteiger partial charge on any atom is 0.270 e. The number of benzene rings is 2.